The van der Waals surface area contributed by atoms with Crippen molar-refractivity contribution >= 4 is 15.7 Å². The minimum Gasteiger partial charge on any atom is -0.371 e. The van der Waals surface area contributed by atoms with Gasteiger partial charge in [-0.1, -0.05) is 49.4 Å². The molecule has 27 heavy (non-hydrogen) atoms. The molecule has 0 saturated heterocycles. The normalized spacial score (nSPS) is 14.2. The van der Waals surface area contributed by atoms with E-state index in [0.29, 0.717) is 13.0 Å². The lowest BCUT2D eigenvalue weighted by Crippen LogP contribution is -2.30. The number of aryl methyl sites for hydroxylation is 2. The number of fused-ring (bicyclic) bond motifs is 1. The Morgan fingerprint density at radius 2 is 1.85 bits per heavy atom. The number of rotatable bonds is 9. The Kier molecular flexibility index (Phi) is 6.91. The lowest BCUT2D eigenvalue weighted by molar-refractivity contribution is 0.581. The van der Waals surface area contributed by atoms with Crippen LogP contribution in [0.3, 0.4) is 0 Å². The van der Waals surface area contributed by atoms with E-state index >= 15 is 0 Å². The van der Waals surface area contributed by atoms with Crippen molar-refractivity contribution in [1.29, 1.82) is 0 Å². The monoisotopic (exact) mass is 386 g/mol. The van der Waals surface area contributed by atoms with Crippen LogP contribution in [0.4, 0.5) is 5.69 Å². The molecule has 0 bridgehead atoms. The van der Waals surface area contributed by atoms with Crippen LogP contribution >= 0.6 is 0 Å². The average molecular weight is 387 g/mol. The minimum atomic E-state index is -3.24. The van der Waals surface area contributed by atoms with Crippen LogP contribution in [0.5, 0.6) is 0 Å². The summed E-state index contributed by atoms with van der Waals surface area (Å²) in [7, 11) is -3.24. The van der Waals surface area contributed by atoms with Gasteiger partial charge in [-0.3, -0.25) is 0 Å². The lowest BCUT2D eigenvalue weighted by Gasteiger charge is -2.31. The van der Waals surface area contributed by atoms with Gasteiger partial charge in [-0.15, -0.1) is 0 Å². The maximum Gasteiger partial charge on any atom is 0.211 e. The molecule has 1 aliphatic rings. The third-order valence-electron chi connectivity index (χ3n) is 5.09. The molecule has 1 aliphatic heterocycles. The Balaban J connectivity index is 1.51. The Bertz CT molecular complexity index is 835. The van der Waals surface area contributed by atoms with Gasteiger partial charge < -0.3 is 4.90 Å². The molecule has 0 fully saturated rings. The van der Waals surface area contributed by atoms with Gasteiger partial charge >= 0.3 is 0 Å². The number of nitrogens with one attached hydrogen (secondary N) is 1. The quantitative estimate of drug-likeness (QED) is 0.717. The third-order valence-corrected chi connectivity index (χ3v) is 6.48. The standard InChI is InChI=1S/C22H30N2O2S/c1-2-15-24-16-6-9-21-18-20(10-11-22(21)24)12-14-23-27(25,26)17-13-19-7-4-3-5-8-19/h3-5,7-8,10-11,18,23H,2,6,9,12-17H2,1H3. The summed E-state index contributed by atoms with van der Waals surface area (Å²) in [6.07, 6.45) is 4.74. The molecule has 0 amide bonds. The molecule has 1 N–H and O–H groups in total. The van der Waals surface area contributed by atoms with Crippen LogP contribution in [0.15, 0.2) is 48.5 Å². The van der Waals surface area contributed by atoms with Gasteiger partial charge in [-0.05, 0) is 54.9 Å². The van der Waals surface area contributed by atoms with E-state index in [-0.39, 0.29) is 5.75 Å². The Morgan fingerprint density at radius 1 is 1.04 bits per heavy atom. The fourth-order valence-corrected chi connectivity index (χ4v) is 4.77. The fourth-order valence-electron chi connectivity index (χ4n) is 3.71. The van der Waals surface area contributed by atoms with Crippen molar-refractivity contribution in [2.75, 3.05) is 30.3 Å². The van der Waals surface area contributed by atoms with Crippen LogP contribution in [0.1, 0.15) is 36.5 Å². The molecule has 0 aliphatic carbocycles. The molecule has 2 aromatic rings. The molecule has 0 atom stereocenters. The van der Waals surface area contributed by atoms with Gasteiger partial charge in [0, 0.05) is 25.3 Å². The van der Waals surface area contributed by atoms with Crippen molar-refractivity contribution in [3.8, 4) is 0 Å². The van der Waals surface area contributed by atoms with Crippen molar-refractivity contribution in [2.45, 2.75) is 39.0 Å². The largest absolute Gasteiger partial charge is 0.371 e. The first-order chi connectivity index (χ1) is 13.1. The van der Waals surface area contributed by atoms with Crippen molar-refractivity contribution in [3.63, 3.8) is 0 Å². The summed E-state index contributed by atoms with van der Waals surface area (Å²) in [6.45, 7) is 4.91. The minimum absolute atomic E-state index is 0.132. The molecule has 146 valence electrons. The number of sulfonamides is 1. The number of hydrogen-bond donors (Lipinski definition) is 1. The zero-order valence-corrected chi connectivity index (χ0v) is 17.0. The van der Waals surface area contributed by atoms with E-state index in [4.69, 9.17) is 0 Å². The van der Waals surface area contributed by atoms with E-state index in [2.05, 4.69) is 34.7 Å². The van der Waals surface area contributed by atoms with Gasteiger partial charge in [-0.2, -0.15) is 0 Å². The molecule has 0 aromatic heterocycles. The van der Waals surface area contributed by atoms with Gasteiger partial charge in [0.2, 0.25) is 10.0 Å². The zero-order chi connectivity index (χ0) is 19.1. The van der Waals surface area contributed by atoms with Crippen LogP contribution < -0.4 is 9.62 Å². The van der Waals surface area contributed by atoms with E-state index in [1.54, 1.807) is 0 Å². The molecular weight excluding hydrogens is 356 g/mol. The molecule has 0 spiro atoms. The molecule has 1 heterocycles. The summed E-state index contributed by atoms with van der Waals surface area (Å²) in [5.41, 5.74) is 5.02. The van der Waals surface area contributed by atoms with Gasteiger partial charge in [0.15, 0.2) is 0 Å². The summed E-state index contributed by atoms with van der Waals surface area (Å²) in [6, 6.07) is 16.4. The van der Waals surface area contributed by atoms with Gasteiger partial charge in [0.05, 0.1) is 5.75 Å². The van der Waals surface area contributed by atoms with Crippen LogP contribution in [0, 0.1) is 0 Å². The second-order valence-electron chi connectivity index (χ2n) is 7.25. The maximum absolute atomic E-state index is 12.2. The van der Waals surface area contributed by atoms with Crippen molar-refractivity contribution < 1.29 is 8.42 Å². The highest BCUT2D eigenvalue weighted by molar-refractivity contribution is 7.89. The first-order valence-corrected chi connectivity index (χ1v) is 11.6. The highest BCUT2D eigenvalue weighted by atomic mass is 32.2. The first-order valence-electron chi connectivity index (χ1n) is 9.95. The van der Waals surface area contributed by atoms with Crippen LogP contribution in [-0.4, -0.2) is 33.8 Å². The van der Waals surface area contributed by atoms with Gasteiger partial charge in [0.25, 0.3) is 0 Å². The fraction of sp³-hybridized carbons (Fsp3) is 0.455. The predicted molar refractivity (Wildman–Crippen MR) is 113 cm³/mol. The zero-order valence-electron chi connectivity index (χ0n) is 16.2. The summed E-state index contributed by atoms with van der Waals surface area (Å²) < 4.78 is 27.2. The maximum atomic E-state index is 12.2. The van der Waals surface area contributed by atoms with Gasteiger partial charge in [-0.25, -0.2) is 13.1 Å². The van der Waals surface area contributed by atoms with Crippen LogP contribution in [0.2, 0.25) is 0 Å². The molecule has 2 aromatic carbocycles. The Labute approximate surface area is 163 Å². The molecule has 3 rings (SSSR count). The van der Waals surface area contributed by atoms with Crippen molar-refractivity contribution in [1.82, 2.24) is 4.72 Å². The van der Waals surface area contributed by atoms with Gasteiger partial charge in [0.1, 0.15) is 0 Å². The lowest BCUT2D eigenvalue weighted by atomic mass is 9.98. The number of nitrogens with zero attached hydrogens (tertiary/aromatic N) is 1. The summed E-state index contributed by atoms with van der Waals surface area (Å²) in [4.78, 5) is 2.47. The Morgan fingerprint density at radius 3 is 2.63 bits per heavy atom. The second kappa shape index (κ2) is 9.38. The highest BCUT2D eigenvalue weighted by Gasteiger charge is 2.16. The van der Waals surface area contributed by atoms with E-state index < -0.39 is 10.0 Å². The van der Waals surface area contributed by atoms with E-state index in [9.17, 15) is 8.42 Å². The average Bonchev–Trinajstić information content (AvgIpc) is 2.67. The third kappa shape index (κ3) is 5.81. The van der Waals surface area contributed by atoms with E-state index in [1.807, 2.05) is 30.3 Å². The molecule has 0 saturated carbocycles. The number of benzene rings is 2. The molecule has 0 radical (unpaired) electrons. The number of anilines is 1. The summed E-state index contributed by atoms with van der Waals surface area (Å²) in [5, 5.41) is 0. The summed E-state index contributed by atoms with van der Waals surface area (Å²) >= 11 is 0. The molecular formula is C22H30N2O2S. The Hall–Kier alpha value is -1.85. The summed E-state index contributed by atoms with van der Waals surface area (Å²) in [5.74, 6) is 0.132. The first kappa shape index (κ1) is 19.9. The number of hydrogen-bond acceptors (Lipinski definition) is 3. The SMILES string of the molecule is CCCN1CCCc2cc(CCNS(=O)(=O)CCc3ccccc3)ccc21. The van der Waals surface area contributed by atoms with E-state index in [0.717, 1.165) is 37.9 Å². The van der Waals surface area contributed by atoms with E-state index in [1.165, 1.54) is 23.2 Å². The van der Waals surface area contributed by atoms with Crippen LogP contribution in [0.25, 0.3) is 0 Å². The topological polar surface area (TPSA) is 49.4 Å². The van der Waals surface area contributed by atoms with Crippen LogP contribution in [-0.2, 0) is 29.3 Å². The molecule has 4 nitrogen and oxygen atoms in total. The predicted octanol–water partition coefficient (Wildman–Crippen LogP) is 3.55. The highest BCUT2D eigenvalue weighted by Crippen LogP contribution is 2.28. The molecule has 5 heteroatoms. The van der Waals surface area contributed by atoms with Crippen molar-refractivity contribution in [2.24, 2.45) is 0 Å². The van der Waals surface area contributed by atoms with Crippen molar-refractivity contribution in [3.05, 3.63) is 65.2 Å². The second-order valence-corrected chi connectivity index (χ2v) is 9.18. The molecule has 0 unspecified atom stereocenters. The smallest absolute Gasteiger partial charge is 0.211 e.